The molecule has 152 valence electrons. The summed E-state index contributed by atoms with van der Waals surface area (Å²) >= 11 is 1.29. The number of amidine groups is 1. The summed E-state index contributed by atoms with van der Waals surface area (Å²) in [5.74, 6) is -0.788. The molecule has 1 heterocycles. The SMILES string of the molecule is Cc1ccccc1N=C1S[C@H](CC(=O)Nc2ccccc2F)C(=O)N1CC(C)C. The molecule has 2 amide bonds. The molecular weight excluding hydrogens is 389 g/mol. The Labute approximate surface area is 174 Å². The normalized spacial score (nSPS) is 18.0. The first-order valence-electron chi connectivity index (χ1n) is 9.52. The molecule has 1 fully saturated rings. The zero-order chi connectivity index (χ0) is 21.0. The minimum absolute atomic E-state index is 0.0424. The summed E-state index contributed by atoms with van der Waals surface area (Å²) in [6, 6.07) is 13.7. The van der Waals surface area contributed by atoms with Gasteiger partial charge >= 0.3 is 0 Å². The zero-order valence-corrected chi connectivity index (χ0v) is 17.5. The predicted octanol–water partition coefficient (Wildman–Crippen LogP) is 4.75. The molecule has 1 saturated heterocycles. The highest BCUT2D eigenvalue weighted by Crippen LogP contribution is 2.33. The van der Waals surface area contributed by atoms with E-state index in [1.165, 1.54) is 23.9 Å². The number of benzene rings is 2. The number of para-hydroxylation sites is 2. The van der Waals surface area contributed by atoms with E-state index in [4.69, 9.17) is 4.99 Å². The Balaban J connectivity index is 1.78. The summed E-state index contributed by atoms with van der Waals surface area (Å²) in [6.45, 7) is 6.55. The van der Waals surface area contributed by atoms with Crippen molar-refractivity contribution in [3.05, 3.63) is 59.9 Å². The summed E-state index contributed by atoms with van der Waals surface area (Å²) in [6.07, 6.45) is -0.0424. The number of nitrogens with one attached hydrogen (secondary N) is 1. The molecule has 2 aromatic rings. The molecule has 1 aliphatic heterocycles. The summed E-state index contributed by atoms with van der Waals surface area (Å²) in [5, 5.41) is 2.57. The highest BCUT2D eigenvalue weighted by molar-refractivity contribution is 8.15. The van der Waals surface area contributed by atoms with Crippen LogP contribution in [0.1, 0.15) is 25.8 Å². The van der Waals surface area contributed by atoms with Gasteiger partial charge in [0.2, 0.25) is 11.8 Å². The summed E-state index contributed by atoms with van der Waals surface area (Å²) in [4.78, 5) is 31.7. The van der Waals surface area contributed by atoms with Crippen molar-refractivity contribution < 1.29 is 14.0 Å². The maximum atomic E-state index is 13.8. The highest BCUT2D eigenvalue weighted by atomic mass is 32.2. The number of rotatable bonds is 6. The Morgan fingerprint density at radius 3 is 2.59 bits per heavy atom. The molecule has 0 unspecified atom stereocenters. The summed E-state index contributed by atoms with van der Waals surface area (Å²) in [7, 11) is 0. The van der Waals surface area contributed by atoms with Crippen LogP contribution in [0, 0.1) is 18.7 Å². The molecule has 1 aliphatic rings. The molecule has 0 aromatic heterocycles. The van der Waals surface area contributed by atoms with Crippen molar-refractivity contribution in [3.8, 4) is 0 Å². The Morgan fingerprint density at radius 1 is 1.21 bits per heavy atom. The molecule has 5 nitrogen and oxygen atoms in total. The fourth-order valence-electron chi connectivity index (χ4n) is 2.98. The fraction of sp³-hybridized carbons (Fsp3) is 0.318. The fourth-order valence-corrected chi connectivity index (χ4v) is 4.14. The van der Waals surface area contributed by atoms with Gasteiger partial charge in [-0.2, -0.15) is 0 Å². The van der Waals surface area contributed by atoms with Gasteiger partial charge in [0, 0.05) is 13.0 Å². The van der Waals surface area contributed by atoms with Gasteiger partial charge < -0.3 is 5.32 Å². The first-order valence-corrected chi connectivity index (χ1v) is 10.4. The minimum Gasteiger partial charge on any atom is -0.324 e. The van der Waals surface area contributed by atoms with Gasteiger partial charge in [-0.05, 0) is 36.6 Å². The van der Waals surface area contributed by atoms with Gasteiger partial charge in [0.25, 0.3) is 0 Å². The zero-order valence-electron chi connectivity index (χ0n) is 16.7. The molecule has 0 bridgehead atoms. The van der Waals surface area contributed by atoms with E-state index < -0.39 is 17.0 Å². The number of nitrogens with zero attached hydrogens (tertiary/aromatic N) is 2. The van der Waals surface area contributed by atoms with E-state index in [2.05, 4.69) is 5.32 Å². The van der Waals surface area contributed by atoms with Crippen LogP contribution < -0.4 is 5.32 Å². The lowest BCUT2D eigenvalue weighted by Gasteiger charge is -2.19. The Hall–Kier alpha value is -2.67. The third-order valence-corrected chi connectivity index (χ3v) is 5.59. The third kappa shape index (κ3) is 5.23. The number of hydrogen-bond acceptors (Lipinski definition) is 4. The van der Waals surface area contributed by atoms with Crippen molar-refractivity contribution in [3.63, 3.8) is 0 Å². The van der Waals surface area contributed by atoms with Crippen LogP contribution in [0.4, 0.5) is 15.8 Å². The number of anilines is 1. The largest absolute Gasteiger partial charge is 0.324 e. The van der Waals surface area contributed by atoms with Gasteiger partial charge in [-0.25, -0.2) is 9.38 Å². The van der Waals surface area contributed by atoms with Gasteiger partial charge in [0.15, 0.2) is 5.17 Å². The van der Waals surface area contributed by atoms with Crippen molar-refractivity contribution >= 4 is 40.1 Å². The van der Waals surface area contributed by atoms with Crippen LogP contribution in [0.3, 0.4) is 0 Å². The third-order valence-electron chi connectivity index (χ3n) is 4.42. The Bertz CT molecular complexity index is 945. The van der Waals surface area contributed by atoms with Crippen LogP contribution in [0.15, 0.2) is 53.5 Å². The first kappa shape index (κ1) is 21.0. The van der Waals surface area contributed by atoms with Gasteiger partial charge in [-0.3, -0.25) is 14.5 Å². The lowest BCUT2D eigenvalue weighted by Crippen LogP contribution is -2.36. The van der Waals surface area contributed by atoms with Gasteiger partial charge in [0.05, 0.1) is 11.4 Å². The molecule has 0 saturated carbocycles. The molecule has 7 heteroatoms. The van der Waals surface area contributed by atoms with E-state index in [1.54, 1.807) is 17.0 Å². The molecule has 1 atom stereocenters. The maximum absolute atomic E-state index is 13.8. The van der Waals surface area contributed by atoms with E-state index in [1.807, 2.05) is 45.0 Å². The molecule has 0 spiro atoms. The van der Waals surface area contributed by atoms with Crippen molar-refractivity contribution in [2.45, 2.75) is 32.4 Å². The second-order valence-electron chi connectivity index (χ2n) is 7.36. The lowest BCUT2D eigenvalue weighted by molar-refractivity contribution is -0.128. The predicted molar refractivity (Wildman–Crippen MR) is 116 cm³/mol. The average Bonchev–Trinajstić information content (AvgIpc) is 2.94. The second kappa shape index (κ2) is 9.22. The van der Waals surface area contributed by atoms with Crippen LogP contribution in [0.5, 0.6) is 0 Å². The number of carbonyl (C=O) groups excluding carboxylic acids is 2. The lowest BCUT2D eigenvalue weighted by atomic mass is 10.2. The molecule has 0 radical (unpaired) electrons. The Kier molecular flexibility index (Phi) is 6.69. The standard InChI is InChI=1S/C22H24FN3O2S/c1-14(2)13-26-21(28)19(12-20(27)24-18-11-7-5-9-16(18)23)29-22(26)25-17-10-6-4-8-15(17)3/h4-11,14,19H,12-13H2,1-3H3,(H,24,27)/t19-/m1/s1. The van der Waals surface area contributed by atoms with E-state index in [0.29, 0.717) is 11.7 Å². The van der Waals surface area contributed by atoms with Crippen molar-refractivity contribution in [1.29, 1.82) is 0 Å². The van der Waals surface area contributed by atoms with Gasteiger partial charge in [-0.15, -0.1) is 0 Å². The number of carbonyl (C=O) groups is 2. The van der Waals surface area contributed by atoms with Crippen LogP contribution in [0.25, 0.3) is 0 Å². The number of amides is 2. The first-order chi connectivity index (χ1) is 13.8. The smallest absolute Gasteiger partial charge is 0.242 e. The van der Waals surface area contributed by atoms with E-state index in [9.17, 15) is 14.0 Å². The average molecular weight is 414 g/mol. The molecule has 0 aliphatic carbocycles. The molecule has 3 rings (SSSR count). The Morgan fingerprint density at radius 2 is 1.90 bits per heavy atom. The number of halogens is 1. The van der Waals surface area contributed by atoms with Crippen molar-refractivity contribution in [2.75, 3.05) is 11.9 Å². The van der Waals surface area contributed by atoms with Crippen LogP contribution >= 0.6 is 11.8 Å². The van der Waals surface area contributed by atoms with Crippen LogP contribution in [0.2, 0.25) is 0 Å². The van der Waals surface area contributed by atoms with E-state index in [0.717, 1.165) is 11.3 Å². The summed E-state index contributed by atoms with van der Waals surface area (Å²) < 4.78 is 13.8. The number of aliphatic imine (C=N–C) groups is 1. The maximum Gasteiger partial charge on any atom is 0.242 e. The van der Waals surface area contributed by atoms with Crippen LogP contribution in [-0.2, 0) is 9.59 Å². The van der Waals surface area contributed by atoms with Gasteiger partial charge in [-0.1, -0.05) is 55.9 Å². The van der Waals surface area contributed by atoms with E-state index >= 15 is 0 Å². The van der Waals surface area contributed by atoms with Gasteiger partial charge in [0.1, 0.15) is 11.1 Å². The minimum atomic E-state index is -0.580. The number of thioether (sulfide) groups is 1. The topological polar surface area (TPSA) is 61.8 Å². The quantitative estimate of drug-likeness (QED) is 0.743. The highest BCUT2D eigenvalue weighted by Gasteiger charge is 2.39. The molecule has 2 aromatic carbocycles. The van der Waals surface area contributed by atoms with Crippen molar-refractivity contribution in [1.82, 2.24) is 4.90 Å². The number of aryl methyl sites for hydroxylation is 1. The number of hydrogen-bond donors (Lipinski definition) is 1. The van der Waals surface area contributed by atoms with Crippen molar-refractivity contribution in [2.24, 2.45) is 10.9 Å². The van der Waals surface area contributed by atoms with E-state index in [-0.39, 0.29) is 23.9 Å². The molecule has 1 N–H and O–H groups in total. The van der Waals surface area contributed by atoms with Crippen LogP contribution in [-0.4, -0.2) is 33.7 Å². The monoisotopic (exact) mass is 413 g/mol. The summed E-state index contributed by atoms with van der Waals surface area (Å²) in [5.41, 5.74) is 1.92. The molecule has 29 heavy (non-hydrogen) atoms. The molecular formula is C22H24FN3O2S. The second-order valence-corrected chi connectivity index (χ2v) is 8.53.